The maximum atomic E-state index is 2.24. The van der Waals surface area contributed by atoms with Crippen LogP contribution in [0, 0.1) is 0 Å². The summed E-state index contributed by atoms with van der Waals surface area (Å²) < 4.78 is 1.000. The Balaban J connectivity index is 2.32. The number of hydrogen-bond acceptors (Lipinski definition) is 0. The molecular formula is C3H9Bi. The zero-order valence-corrected chi connectivity index (χ0v) is 7.64. The second-order valence-electron chi connectivity index (χ2n) is 1.24. The van der Waals surface area contributed by atoms with Gasteiger partial charge in [-0.05, 0) is 0 Å². The molecule has 0 aliphatic heterocycles. The second-order valence-corrected chi connectivity index (χ2v) is 6.43. The molecule has 4 heavy (non-hydrogen) atoms. The van der Waals surface area contributed by atoms with Crippen LogP contribution in [0.2, 0.25) is 3.63 Å². The molecule has 0 rings (SSSR count). The van der Waals surface area contributed by atoms with Crippen LogP contribution < -0.4 is 0 Å². The molecule has 0 heterocycles. The van der Waals surface area contributed by atoms with Gasteiger partial charge in [0, 0.05) is 0 Å². The summed E-state index contributed by atoms with van der Waals surface area (Å²) in [6, 6.07) is 0. The molecule has 0 saturated heterocycles. The van der Waals surface area contributed by atoms with Crippen molar-refractivity contribution in [3.63, 3.8) is 0 Å². The van der Waals surface area contributed by atoms with E-state index in [0.717, 1.165) is 3.63 Å². The zero-order chi connectivity index (χ0) is 3.58. The third kappa shape index (κ3) is 13.1. The first-order chi connectivity index (χ1) is 1.73. The average Bonchev–Trinajstić information content (AvgIpc) is 0.811. The Morgan fingerprint density at radius 3 is 1.50 bits per heavy atom. The summed E-state index contributed by atoms with van der Waals surface area (Å²) in [6.07, 6.45) is 0. The first-order valence-corrected chi connectivity index (χ1v) is 4.08. The predicted molar refractivity (Wildman–Crippen MR) is 23.6 cm³/mol. The van der Waals surface area contributed by atoms with Crippen molar-refractivity contribution in [2.45, 2.75) is 17.5 Å². The summed E-state index contributed by atoms with van der Waals surface area (Å²) in [5, 5.41) is 0. The van der Waals surface area contributed by atoms with Gasteiger partial charge in [-0.3, -0.25) is 0 Å². The molecule has 0 aliphatic rings. The average molecular weight is 254 g/mol. The maximum absolute atomic E-state index is 2.24. The van der Waals surface area contributed by atoms with Crippen LogP contribution in [0.4, 0.5) is 0 Å². The van der Waals surface area contributed by atoms with Crippen LogP contribution in [0.3, 0.4) is 0 Å². The van der Waals surface area contributed by atoms with Crippen molar-refractivity contribution in [2.24, 2.45) is 0 Å². The molecule has 0 saturated carbocycles. The van der Waals surface area contributed by atoms with Crippen molar-refractivity contribution < 1.29 is 0 Å². The van der Waals surface area contributed by atoms with Gasteiger partial charge in [0.05, 0.1) is 0 Å². The first kappa shape index (κ1) is 4.88. The van der Waals surface area contributed by atoms with Crippen LogP contribution in [0.5, 0.6) is 0 Å². The number of rotatable bonds is 0. The first-order valence-electron chi connectivity index (χ1n) is 1.49. The predicted octanol–water partition coefficient (Wildman–Crippen LogP) is 0.448. The third-order valence-corrected chi connectivity index (χ3v) is 0. The summed E-state index contributed by atoms with van der Waals surface area (Å²) in [4.78, 5) is 0. The van der Waals surface area contributed by atoms with Gasteiger partial charge in [-0.25, -0.2) is 0 Å². The van der Waals surface area contributed by atoms with E-state index in [0.29, 0.717) is 0 Å². The molecule has 1 heteroatoms. The summed E-state index contributed by atoms with van der Waals surface area (Å²) in [5.74, 6) is 0. The van der Waals surface area contributed by atoms with E-state index < -0.39 is 0 Å². The van der Waals surface area contributed by atoms with E-state index in [1.807, 2.05) is 0 Å². The Hall–Kier alpha value is 0.883. The topological polar surface area (TPSA) is 0 Å². The molecule has 0 aromatic carbocycles. The zero-order valence-electron chi connectivity index (χ0n) is 3.15. The van der Waals surface area contributed by atoms with E-state index >= 15 is 0 Å². The summed E-state index contributed by atoms with van der Waals surface area (Å²) in [6.45, 7) is 4.48. The summed E-state index contributed by atoms with van der Waals surface area (Å²) in [7, 11) is 0. The van der Waals surface area contributed by atoms with Gasteiger partial charge in [0.1, 0.15) is 0 Å². The van der Waals surface area contributed by atoms with Crippen molar-refractivity contribution in [1.29, 1.82) is 0 Å². The molecule has 0 radical (unpaired) electrons. The molecule has 0 fully saturated rings. The minimum absolute atomic E-state index is 1.000. The molecular weight excluding hydrogens is 245 g/mol. The molecule has 0 aromatic rings. The molecule has 0 N–H and O–H groups in total. The fourth-order valence-electron chi connectivity index (χ4n) is 0. The van der Waals surface area contributed by atoms with Gasteiger partial charge in [0.15, 0.2) is 0 Å². The van der Waals surface area contributed by atoms with Gasteiger partial charge >= 0.3 is 42.2 Å². The molecule has 0 bridgehead atoms. The molecule has 0 nitrogen and oxygen atoms in total. The van der Waals surface area contributed by atoms with Crippen molar-refractivity contribution in [3.8, 4) is 0 Å². The van der Waals surface area contributed by atoms with Crippen LogP contribution in [-0.2, 0) is 0 Å². The second kappa shape index (κ2) is 2.14. The molecule has 26 valence electrons. The normalized spacial score (nSPS) is 9.00. The SMILES string of the molecule is C[CH](C)[BiH2]. The van der Waals surface area contributed by atoms with Gasteiger partial charge in [0.25, 0.3) is 0 Å². The standard InChI is InChI=1S/C3H7.Bi.2H/c1-3-2;;;/h3H,1-2H3;;;. The van der Waals surface area contributed by atoms with E-state index in [9.17, 15) is 0 Å². The molecule has 0 spiro atoms. The van der Waals surface area contributed by atoms with Crippen LogP contribution in [0.1, 0.15) is 13.8 Å². The van der Waals surface area contributed by atoms with Crippen molar-refractivity contribution in [3.05, 3.63) is 0 Å². The molecule has 0 aliphatic carbocycles. The molecule has 0 atom stereocenters. The molecule has 0 amide bonds. The van der Waals surface area contributed by atoms with Gasteiger partial charge in [-0.15, -0.1) is 0 Å². The van der Waals surface area contributed by atoms with Gasteiger partial charge in [-0.2, -0.15) is 0 Å². The van der Waals surface area contributed by atoms with E-state index in [2.05, 4.69) is 13.8 Å². The fourth-order valence-corrected chi connectivity index (χ4v) is 0. The third-order valence-electron chi connectivity index (χ3n) is 0. The van der Waals surface area contributed by atoms with E-state index in [4.69, 9.17) is 0 Å². The Morgan fingerprint density at radius 1 is 1.50 bits per heavy atom. The Bertz CT molecular complexity index is 8.00. The number of hydrogen-bond donors (Lipinski definition) is 0. The van der Waals surface area contributed by atoms with Gasteiger partial charge < -0.3 is 0 Å². The quantitative estimate of drug-likeness (QED) is 0.550. The minimum atomic E-state index is 1.000. The van der Waals surface area contributed by atoms with E-state index in [-0.39, 0.29) is 0 Å². The molecule has 0 aromatic heterocycles. The Morgan fingerprint density at radius 2 is 1.50 bits per heavy atom. The Labute approximate surface area is 42.4 Å². The van der Waals surface area contributed by atoms with Crippen LogP contribution in [0.15, 0.2) is 0 Å². The van der Waals surface area contributed by atoms with Crippen molar-refractivity contribution in [2.75, 3.05) is 0 Å². The monoisotopic (exact) mass is 254 g/mol. The fraction of sp³-hybridized carbons (Fsp3) is 1.00. The Kier molecular flexibility index (Phi) is 2.61. The summed E-state index contributed by atoms with van der Waals surface area (Å²) in [5.41, 5.74) is 0. The van der Waals surface area contributed by atoms with Gasteiger partial charge in [-0.1, -0.05) is 0 Å². The van der Waals surface area contributed by atoms with Crippen molar-refractivity contribution >= 4 is 24.7 Å². The van der Waals surface area contributed by atoms with Crippen LogP contribution in [-0.4, -0.2) is 24.7 Å². The van der Waals surface area contributed by atoms with Crippen LogP contribution in [0.25, 0.3) is 0 Å². The van der Waals surface area contributed by atoms with Gasteiger partial charge in [0.2, 0.25) is 0 Å². The van der Waals surface area contributed by atoms with Crippen LogP contribution >= 0.6 is 0 Å². The van der Waals surface area contributed by atoms with E-state index in [1.54, 1.807) is 0 Å². The van der Waals surface area contributed by atoms with Crippen molar-refractivity contribution in [1.82, 2.24) is 0 Å². The summed E-state index contributed by atoms with van der Waals surface area (Å²) >= 11 is 1.19. The molecule has 0 unspecified atom stereocenters. The van der Waals surface area contributed by atoms with E-state index in [1.165, 1.54) is 24.7 Å².